The zero-order chi connectivity index (χ0) is 14.3. The van der Waals surface area contributed by atoms with Crippen molar-refractivity contribution >= 4 is 5.97 Å². The zero-order valence-electron chi connectivity index (χ0n) is 11.0. The second-order valence-electron chi connectivity index (χ2n) is 5.58. The Balaban J connectivity index is 4.91. The van der Waals surface area contributed by atoms with E-state index in [2.05, 4.69) is 0 Å². The first kappa shape index (κ1) is 17.0. The smallest absolute Gasteiger partial charge is 0.312 e. The van der Waals surface area contributed by atoms with Crippen molar-refractivity contribution in [3.63, 3.8) is 0 Å². The molecule has 2 unspecified atom stereocenters. The van der Waals surface area contributed by atoms with Crippen LogP contribution in [0.15, 0.2) is 12.2 Å². The Morgan fingerprint density at radius 2 is 1.83 bits per heavy atom. The van der Waals surface area contributed by atoms with Gasteiger partial charge in [0.15, 0.2) is 0 Å². The lowest BCUT2D eigenvalue weighted by atomic mass is 9.77. The molecular weight excluding hydrogens is 245 g/mol. The van der Waals surface area contributed by atoms with Gasteiger partial charge in [0.2, 0.25) is 0 Å². The van der Waals surface area contributed by atoms with Crippen LogP contribution in [0.4, 0.5) is 13.2 Å². The topological polar surface area (TPSA) is 37.3 Å². The Morgan fingerprint density at radius 1 is 1.28 bits per heavy atom. The van der Waals surface area contributed by atoms with Crippen LogP contribution in [0.1, 0.15) is 33.6 Å². The maximum atomic E-state index is 12.8. The average molecular weight is 266 g/mol. The van der Waals surface area contributed by atoms with Crippen molar-refractivity contribution in [2.45, 2.75) is 40.0 Å². The van der Waals surface area contributed by atoms with Crippen LogP contribution in [-0.2, 0) is 4.79 Å². The third kappa shape index (κ3) is 6.67. The summed E-state index contributed by atoms with van der Waals surface area (Å²) in [5.41, 5.74) is -0.253. The number of allylic oxidation sites excluding steroid dienone is 2. The number of hydrogen-bond donors (Lipinski definition) is 1. The van der Waals surface area contributed by atoms with Gasteiger partial charge < -0.3 is 5.11 Å². The van der Waals surface area contributed by atoms with Gasteiger partial charge in [-0.25, -0.2) is 13.2 Å². The van der Waals surface area contributed by atoms with Crippen LogP contribution >= 0.6 is 0 Å². The molecule has 0 aliphatic rings. The van der Waals surface area contributed by atoms with Crippen LogP contribution in [0.5, 0.6) is 0 Å². The molecule has 0 aromatic heterocycles. The summed E-state index contributed by atoms with van der Waals surface area (Å²) in [7, 11) is 0. The van der Waals surface area contributed by atoms with Crippen molar-refractivity contribution in [2.24, 2.45) is 17.3 Å². The SMILES string of the molecule is CC(C)(C)CC(CC=CCF)C(C(=O)O)C(F)F. The molecule has 0 aliphatic carbocycles. The summed E-state index contributed by atoms with van der Waals surface area (Å²) in [6.07, 6.45) is 0.260. The molecule has 0 aromatic carbocycles. The monoisotopic (exact) mass is 266 g/mol. The minimum absolute atomic E-state index is 0.155. The van der Waals surface area contributed by atoms with Gasteiger partial charge in [0, 0.05) is 0 Å². The third-order valence-electron chi connectivity index (χ3n) is 2.63. The molecule has 0 bridgehead atoms. The van der Waals surface area contributed by atoms with Crippen molar-refractivity contribution in [3.05, 3.63) is 12.2 Å². The molecule has 0 fully saturated rings. The molecule has 1 N–H and O–H groups in total. The Labute approximate surface area is 106 Å². The van der Waals surface area contributed by atoms with Crippen LogP contribution in [0.3, 0.4) is 0 Å². The Bertz CT molecular complexity index is 282. The highest BCUT2D eigenvalue weighted by atomic mass is 19.3. The molecule has 5 heteroatoms. The molecule has 0 aromatic rings. The third-order valence-corrected chi connectivity index (χ3v) is 2.63. The number of rotatable bonds is 7. The van der Waals surface area contributed by atoms with E-state index in [0.717, 1.165) is 0 Å². The molecule has 18 heavy (non-hydrogen) atoms. The lowest BCUT2D eigenvalue weighted by Crippen LogP contribution is -2.32. The minimum Gasteiger partial charge on any atom is -0.481 e. The molecule has 106 valence electrons. The Hall–Kier alpha value is -1.00. The highest BCUT2D eigenvalue weighted by Crippen LogP contribution is 2.34. The number of aliphatic carboxylic acids is 1. The van der Waals surface area contributed by atoms with E-state index in [4.69, 9.17) is 5.11 Å². The lowest BCUT2D eigenvalue weighted by molar-refractivity contribution is -0.150. The Morgan fingerprint density at radius 3 is 2.17 bits per heavy atom. The quantitative estimate of drug-likeness (QED) is 0.709. The predicted octanol–water partition coefficient (Wildman–Crippen LogP) is 3.92. The van der Waals surface area contributed by atoms with Crippen molar-refractivity contribution in [3.8, 4) is 0 Å². The summed E-state index contributed by atoms with van der Waals surface area (Å²) >= 11 is 0. The molecular formula is C13H21F3O2. The first-order chi connectivity index (χ1) is 8.19. The van der Waals surface area contributed by atoms with Crippen LogP contribution in [0.25, 0.3) is 0 Å². The molecule has 2 nitrogen and oxygen atoms in total. The van der Waals surface area contributed by atoms with Gasteiger partial charge >= 0.3 is 5.97 Å². The molecule has 0 amide bonds. The van der Waals surface area contributed by atoms with Crippen LogP contribution in [-0.4, -0.2) is 24.2 Å². The zero-order valence-corrected chi connectivity index (χ0v) is 11.0. The van der Waals surface area contributed by atoms with Gasteiger partial charge in [0.1, 0.15) is 12.6 Å². The fourth-order valence-electron chi connectivity index (χ4n) is 1.99. The van der Waals surface area contributed by atoms with Gasteiger partial charge in [0.25, 0.3) is 6.43 Å². The summed E-state index contributed by atoms with van der Waals surface area (Å²) in [5, 5.41) is 8.89. The summed E-state index contributed by atoms with van der Waals surface area (Å²) < 4.78 is 37.6. The molecule has 0 saturated heterocycles. The number of carboxylic acids is 1. The summed E-state index contributed by atoms with van der Waals surface area (Å²) in [4.78, 5) is 10.9. The van der Waals surface area contributed by atoms with Crippen molar-refractivity contribution in [2.75, 3.05) is 6.67 Å². The fourth-order valence-corrected chi connectivity index (χ4v) is 1.99. The number of alkyl halides is 3. The molecule has 2 atom stereocenters. The highest BCUT2D eigenvalue weighted by Gasteiger charge is 2.37. The van der Waals surface area contributed by atoms with Gasteiger partial charge in [-0.15, -0.1) is 0 Å². The van der Waals surface area contributed by atoms with Gasteiger partial charge in [-0.05, 0) is 24.2 Å². The van der Waals surface area contributed by atoms with Crippen molar-refractivity contribution in [1.82, 2.24) is 0 Å². The largest absolute Gasteiger partial charge is 0.481 e. The Kier molecular flexibility index (Phi) is 7.02. The van der Waals surface area contributed by atoms with E-state index in [-0.39, 0.29) is 11.8 Å². The second-order valence-corrected chi connectivity index (χ2v) is 5.58. The van der Waals surface area contributed by atoms with Crippen molar-refractivity contribution in [1.29, 1.82) is 0 Å². The van der Waals surface area contributed by atoms with Gasteiger partial charge in [-0.2, -0.15) is 0 Å². The number of carbonyl (C=O) groups is 1. The van der Waals surface area contributed by atoms with E-state index < -0.39 is 30.9 Å². The minimum atomic E-state index is -2.91. The molecule has 0 saturated carbocycles. The van der Waals surface area contributed by atoms with E-state index in [1.807, 2.05) is 20.8 Å². The van der Waals surface area contributed by atoms with E-state index >= 15 is 0 Å². The first-order valence-electron chi connectivity index (χ1n) is 5.91. The van der Waals surface area contributed by atoms with E-state index in [1.165, 1.54) is 12.2 Å². The average Bonchev–Trinajstić information content (AvgIpc) is 2.13. The van der Waals surface area contributed by atoms with E-state index in [9.17, 15) is 18.0 Å². The maximum Gasteiger partial charge on any atom is 0.312 e. The summed E-state index contributed by atoms with van der Waals surface area (Å²) in [6, 6.07) is 0. The van der Waals surface area contributed by atoms with Gasteiger partial charge in [-0.1, -0.05) is 32.9 Å². The molecule has 0 radical (unpaired) electrons. The molecule has 0 aliphatic heterocycles. The molecule has 0 heterocycles. The van der Waals surface area contributed by atoms with Crippen molar-refractivity contribution < 1.29 is 23.1 Å². The van der Waals surface area contributed by atoms with Crippen LogP contribution in [0.2, 0.25) is 0 Å². The number of carboxylic acid groups (broad SMARTS) is 1. The van der Waals surface area contributed by atoms with Gasteiger partial charge in [0.05, 0.1) is 0 Å². The fraction of sp³-hybridized carbons (Fsp3) is 0.769. The summed E-state index contributed by atoms with van der Waals surface area (Å²) in [6.45, 7) is 4.92. The summed E-state index contributed by atoms with van der Waals surface area (Å²) in [5.74, 6) is -3.88. The molecule has 0 spiro atoms. The van der Waals surface area contributed by atoms with Crippen LogP contribution in [0, 0.1) is 17.3 Å². The molecule has 0 rings (SSSR count). The number of hydrogen-bond acceptors (Lipinski definition) is 1. The normalized spacial score (nSPS) is 16.2. The van der Waals surface area contributed by atoms with E-state index in [1.54, 1.807) is 0 Å². The maximum absolute atomic E-state index is 12.8. The number of halogens is 3. The van der Waals surface area contributed by atoms with E-state index in [0.29, 0.717) is 6.42 Å². The second kappa shape index (κ2) is 7.44. The standard InChI is InChI=1S/C13H21F3O2/c1-13(2,3)8-9(6-4-5-7-14)10(11(15)16)12(17)18/h4-5,9-11H,6-8H2,1-3H3,(H,17,18). The lowest BCUT2D eigenvalue weighted by Gasteiger charge is -2.29. The highest BCUT2D eigenvalue weighted by molar-refractivity contribution is 5.70. The predicted molar refractivity (Wildman–Crippen MR) is 64.4 cm³/mol. The van der Waals surface area contributed by atoms with Gasteiger partial charge in [-0.3, -0.25) is 4.79 Å². The first-order valence-corrected chi connectivity index (χ1v) is 5.91. The van der Waals surface area contributed by atoms with Crippen LogP contribution < -0.4 is 0 Å².